The normalized spacial score (nSPS) is 15.7. The maximum absolute atomic E-state index is 11.8. The van der Waals surface area contributed by atoms with E-state index in [1.807, 2.05) is 43.0 Å². The van der Waals surface area contributed by atoms with Crippen molar-refractivity contribution in [3.8, 4) is 0 Å². The van der Waals surface area contributed by atoms with Crippen molar-refractivity contribution in [2.24, 2.45) is 5.92 Å². The highest BCUT2D eigenvalue weighted by Crippen LogP contribution is 2.22. The fourth-order valence-corrected chi connectivity index (χ4v) is 2.09. The van der Waals surface area contributed by atoms with Gasteiger partial charge in [0, 0.05) is 30.3 Å². The third-order valence-electron chi connectivity index (χ3n) is 3.29. The average Bonchev–Trinajstić information content (AvgIpc) is 2.40. The number of hydrogen-bond acceptors (Lipinski definition) is 2. The van der Waals surface area contributed by atoms with Crippen molar-refractivity contribution >= 4 is 23.2 Å². The van der Waals surface area contributed by atoms with Gasteiger partial charge in [0.05, 0.1) is 0 Å². The summed E-state index contributed by atoms with van der Waals surface area (Å²) in [5, 5.41) is 2.84. The minimum Gasteiger partial charge on any atom is -0.326 e. The zero-order valence-corrected chi connectivity index (χ0v) is 11.5. The van der Waals surface area contributed by atoms with E-state index in [1.165, 1.54) is 0 Å². The van der Waals surface area contributed by atoms with Gasteiger partial charge in [-0.3, -0.25) is 9.59 Å². The number of nitrogens with one attached hydrogen (secondary N) is 1. The predicted molar refractivity (Wildman–Crippen MR) is 76.1 cm³/mol. The number of rotatable bonds is 3. The van der Waals surface area contributed by atoms with Crippen LogP contribution in [-0.4, -0.2) is 18.4 Å². The first-order valence-corrected chi connectivity index (χ1v) is 6.79. The molecule has 1 fully saturated rings. The second-order valence-corrected chi connectivity index (χ2v) is 5.19. The van der Waals surface area contributed by atoms with Crippen LogP contribution in [0, 0.1) is 5.92 Å². The van der Waals surface area contributed by atoms with Gasteiger partial charge in [-0.1, -0.05) is 13.8 Å². The van der Waals surface area contributed by atoms with Crippen molar-refractivity contribution in [3.05, 3.63) is 24.3 Å². The van der Waals surface area contributed by atoms with Crippen molar-refractivity contribution in [1.29, 1.82) is 0 Å². The van der Waals surface area contributed by atoms with Gasteiger partial charge in [0.25, 0.3) is 0 Å². The van der Waals surface area contributed by atoms with E-state index in [0.717, 1.165) is 30.8 Å². The number of amides is 2. The van der Waals surface area contributed by atoms with Crippen LogP contribution in [0.4, 0.5) is 11.4 Å². The number of piperidine rings is 1. The Kier molecular flexibility index (Phi) is 4.20. The van der Waals surface area contributed by atoms with E-state index in [9.17, 15) is 9.59 Å². The van der Waals surface area contributed by atoms with E-state index < -0.39 is 0 Å². The second-order valence-electron chi connectivity index (χ2n) is 5.19. The lowest BCUT2D eigenvalue weighted by Gasteiger charge is -2.26. The van der Waals surface area contributed by atoms with E-state index in [1.54, 1.807) is 0 Å². The highest BCUT2D eigenvalue weighted by Gasteiger charge is 2.19. The van der Waals surface area contributed by atoms with E-state index in [4.69, 9.17) is 0 Å². The van der Waals surface area contributed by atoms with Crippen LogP contribution in [0.3, 0.4) is 0 Å². The van der Waals surface area contributed by atoms with Crippen LogP contribution < -0.4 is 10.2 Å². The Morgan fingerprint density at radius 3 is 2.47 bits per heavy atom. The molecule has 2 amide bonds. The molecule has 0 spiro atoms. The lowest BCUT2D eigenvalue weighted by atomic mass is 10.1. The largest absolute Gasteiger partial charge is 0.326 e. The molecule has 0 atom stereocenters. The number of carbonyl (C=O) groups is 2. The number of anilines is 2. The van der Waals surface area contributed by atoms with Gasteiger partial charge in [-0.2, -0.15) is 0 Å². The monoisotopic (exact) mass is 260 g/mol. The second kappa shape index (κ2) is 5.87. The third kappa shape index (κ3) is 3.34. The molecule has 1 saturated heterocycles. The van der Waals surface area contributed by atoms with Crippen LogP contribution >= 0.6 is 0 Å². The van der Waals surface area contributed by atoms with Gasteiger partial charge >= 0.3 is 0 Å². The van der Waals surface area contributed by atoms with E-state index in [-0.39, 0.29) is 17.7 Å². The number of carbonyl (C=O) groups excluding carboxylic acids is 2. The molecule has 1 aliphatic rings. The summed E-state index contributed by atoms with van der Waals surface area (Å²) >= 11 is 0. The highest BCUT2D eigenvalue weighted by molar-refractivity contribution is 5.95. The first kappa shape index (κ1) is 13.6. The van der Waals surface area contributed by atoms with Crippen LogP contribution in [0.15, 0.2) is 24.3 Å². The first-order chi connectivity index (χ1) is 9.08. The molecule has 0 saturated carbocycles. The molecule has 0 unspecified atom stereocenters. The summed E-state index contributed by atoms with van der Waals surface area (Å²) in [6, 6.07) is 7.47. The van der Waals surface area contributed by atoms with Crippen LogP contribution in [0.25, 0.3) is 0 Å². The fraction of sp³-hybridized carbons (Fsp3) is 0.467. The SMILES string of the molecule is CC(C)C(=O)Nc1ccc(N2CCCCC2=O)cc1. The summed E-state index contributed by atoms with van der Waals surface area (Å²) in [5.74, 6) is 0.148. The lowest BCUT2D eigenvalue weighted by Crippen LogP contribution is -2.35. The summed E-state index contributed by atoms with van der Waals surface area (Å²) in [6.07, 6.45) is 2.67. The zero-order valence-electron chi connectivity index (χ0n) is 11.5. The van der Waals surface area contributed by atoms with Crippen LogP contribution in [-0.2, 0) is 9.59 Å². The van der Waals surface area contributed by atoms with E-state index >= 15 is 0 Å². The molecule has 0 bridgehead atoms. The quantitative estimate of drug-likeness (QED) is 0.908. The highest BCUT2D eigenvalue weighted by atomic mass is 16.2. The summed E-state index contributed by atoms with van der Waals surface area (Å²) in [4.78, 5) is 25.2. The summed E-state index contributed by atoms with van der Waals surface area (Å²) < 4.78 is 0. The smallest absolute Gasteiger partial charge is 0.226 e. The minimum atomic E-state index is -0.0386. The standard InChI is InChI=1S/C15H20N2O2/c1-11(2)15(19)16-12-6-8-13(9-7-12)17-10-4-3-5-14(17)18/h6-9,11H,3-5,10H2,1-2H3,(H,16,19). The predicted octanol–water partition coefficient (Wildman–Crippen LogP) is 2.80. The Bertz CT molecular complexity index is 466. The first-order valence-electron chi connectivity index (χ1n) is 6.79. The van der Waals surface area contributed by atoms with Crippen molar-refractivity contribution in [3.63, 3.8) is 0 Å². The molecule has 0 aromatic heterocycles. The summed E-state index contributed by atoms with van der Waals surface area (Å²) in [5.41, 5.74) is 1.68. The van der Waals surface area contributed by atoms with Crippen LogP contribution in [0.2, 0.25) is 0 Å². The van der Waals surface area contributed by atoms with Crippen molar-refractivity contribution in [2.45, 2.75) is 33.1 Å². The minimum absolute atomic E-state index is 0.00167. The molecular weight excluding hydrogens is 240 g/mol. The Morgan fingerprint density at radius 1 is 1.21 bits per heavy atom. The maximum atomic E-state index is 11.8. The Labute approximate surface area is 113 Å². The topological polar surface area (TPSA) is 49.4 Å². The molecule has 19 heavy (non-hydrogen) atoms. The average molecular weight is 260 g/mol. The molecule has 0 radical (unpaired) electrons. The lowest BCUT2D eigenvalue weighted by molar-refractivity contribution is -0.120. The van der Waals surface area contributed by atoms with Gasteiger partial charge in [-0.05, 0) is 37.1 Å². The van der Waals surface area contributed by atoms with Crippen LogP contribution in [0.5, 0.6) is 0 Å². The van der Waals surface area contributed by atoms with E-state index in [2.05, 4.69) is 5.32 Å². The molecule has 1 heterocycles. The fourth-order valence-electron chi connectivity index (χ4n) is 2.09. The van der Waals surface area contributed by atoms with Crippen molar-refractivity contribution in [2.75, 3.05) is 16.8 Å². The molecule has 1 aromatic rings. The number of nitrogens with zero attached hydrogens (tertiary/aromatic N) is 1. The Morgan fingerprint density at radius 2 is 1.89 bits per heavy atom. The van der Waals surface area contributed by atoms with Gasteiger partial charge in [-0.15, -0.1) is 0 Å². The summed E-state index contributed by atoms with van der Waals surface area (Å²) in [6.45, 7) is 4.50. The molecule has 4 nitrogen and oxygen atoms in total. The van der Waals surface area contributed by atoms with Crippen LogP contribution in [0.1, 0.15) is 33.1 Å². The van der Waals surface area contributed by atoms with Gasteiger partial charge in [0.1, 0.15) is 0 Å². The maximum Gasteiger partial charge on any atom is 0.226 e. The molecule has 1 N–H and O–H groups in total. The summed E-state index contributed by atoms with van der Waals surface area (Å²) in [7, 11) is 0. The Balaban J connectivity index is 2.05. The van der Waals surface area contributed by atoms with Crippen molar-refractivity contribution in [1.82, 2.24) is 0 Å². The zero-order chi connectivity index (χ0) is 13.8. The molecule has 1 aliphatic heterocycles. The number of hydrogen-bond donors (Lipinski definition) is 1. The third-order valence-corrected chi connectivity index (χ3v) is 3.29. The number of benzene rings is 1. The molecule has 4 heteroatoms. The molecule has 102 valence electrons. The Hall–Kier alpha value is -1.84. The van der Waals surface area contributed by atoms with E-state index in [0.29, 0.717) is 6.42 Å². The van der Waals surface area contributed by atoms with Gasteiger partial charge in [0.2, 0.25) is 11.8 Å². The van der Waals surface area contributed by atoms with Crippen molar-refractivity contribution < 1.29 is 9.59 Å². The molecule has 2 rings (SSSR count). The molecule has 0 aliphatic carbocycles. The molecular formula is C15H20N2O2. The molecule has 1 aromatic carbocycles. The van der Waals surface area contributed by atoms with Gasteiger partial charge in [0.15, 0.2) is 0 Å². The van der Waals surface area contributed by atoms with Gasteiger partial charge in [-0.25, -0.2) is 0 Å². The van der Waals surface area contributed by atoms with Gasteiger partial charge < -0.3 is 10.2 Å².